The first-order valence-electron chi connectivity index (χ1n) is 4.30. The Kier molecular flexibility index (Phi) is 1.32. The van der Waals surface area contributed by atoms with Crippen molar-refractivity contribution in [3.05, 3.63) is 0 Å². The summed E-state index contributed by atoms with van der Waals surface area (Å²) in [6.07, 6.45) is 2.95. The van der Waals surface area contributed by atoms with E-state index >= 15 is 0 Å². The van der Waals surface area contributed by atoms with Gasteiger partial charge in [-0.05, 0) is 18.8 Å². The molecule has 0 aromatic rings. The van der Waals surface area contributed by atoms with Crippen LogP contribution in [-0.2, 0) is 9.47 Å². The first-order chi connectivity index (χ1) is 5.34. The van der Waals surface area contributed by atoms with E-state index in [0.717, 1.165) is 6.61 Å². The first kappa shape index (κ1) is 6.75. The van der Waals surface area contributed by atoms with E-state index in [-0.39, 0.29) is 6.29 Å². The van der Waals surface area contributed by atoms with Crippen LogP contribution < -0.4 is 0 Å². The van der Waals surface area contributed by atoms with Gasteiger partial charge in [0.15, 0.2) is 6.29 Å². The van der Waals surface area contributed by atoms with E-state index < -0.39 is 0 Å². The zero-order valence-electron chi connectivity index (χ0n) is 6.27. The molecule has 3 rings (SSSR count). The van der Waals surface area contributed by atoms with Gasteiger partial charge < -0.3 is 9.47 Å². The first-order valence-corrected chi connectivity index (χ1v) is 4.81. The topological polar surface area (TPSA) is 18.5 Å². The van der Waals surface area contributed by atoms with Crippen molar-refractivity contribution in [3.8, 4) is 0 Å². The summed E-state index contributed by atoms with van der Waals surface area (Å²) in [5.41, 5.74) is 0. The summed E-state index contributed by atoms with van der Waals surface area (Å²) in [5, 5.41) is 0.429. The number of fused-ring (bicyclic) bond motifs is 2. The fraction of sp³-hybridized carbons (Fsp3) is 1.00. The normalized spacial score (nSPS) is 60.3. The third kappa shape index (κ3) is 0.820. The van der Waals surface area contributed by atoms with Gasteiger partial charge in [-0.1, -0.05) is 0 Å². The highest BCUT2D eigenvalue weighted by Crippen LogP contribution is 2.46. The maximum absolute atomic E-state index is 5.69. The zero-order chi connectivity index (χ0) is 7.42. The van der Waals surface area contributed by atoms with Crippen molar-refractivity contribution >= 4 is 12.6 Å². The molecule has 0 radical (unpaired) electrons. The molecule has 3 heteroatoms. The van der Waals surface area contributed by atoms with Crippen LogP contribution >= 0.6 is 12.6 Å². The molecular formula is C8H12O2S. The lowest BCUT2D eigenvalue weighted by Crippen LogP contribution is -2.38. The van der Waals surface area contributed by atoms with Gasteiger partial charge in [-0.15, -0.1) is 0 Å². The lowest BCUT2D eigenvalue weighted by molar-refractivity contribution is -0.153. The fourth-order valence-corrected chi connectivity index (χ4v) is 2.97. The predicted molar refractivity (Wildman–Crippen MR) is 43.6 cm³/mol. The van der Waals surface area contributed by atoms with Crippen molar-refractivity contribution in [3.63, 3.8) is 0 Å². The van der Waals surface area contributed by atoms with Gasteiger partial charge in [0.05, 0.1) is 12.7 Å². The van der Waals surface area contributed by atoms with Gasteiger partial charge in [0.25, 0.3) is 0 Å². The number of ether oxygens (including phenoxy) is 2. The fourth-order valence-electron chi connectivity index (χ4n) is 2.57. The van der Waals surface area contributed by atoms with E-state index in [0.29, 0.717) is 23.2 Å². The van der Waals surface area contributed by atoms with Crippen molar-refractivity contribution in [2.24, 2.45) is 11.8 Å². The molecule has 62 valence electrons. The number of hydrogen-bond acceptors (Lipinski definition) is 3. The van der Waals surface area contributed by atoms with E-state index in [1.165, 1.54) is 12.8 Å². The highest BCUT2D eigenvalue weighted by molar-refractivity contribution is 7.81. The van der Waals surface area contributed by atoms with Crippen LogP contribution in [0.2, 0.25) is 0 Å². The van der Waals surface area contributed by atoms with Gasteiger partial charge in [-0.3, -0.25) is 0 Å². The molecule has 2 aliphatic heterocycles. The number of thiol groups is 1. The third-order valence-corrected chi connectivity index (χ3v) is 3.93. The lowest BCUT2D eigenvalue weighted by atomic mass is 9.80. The lowest BCUT2D eigenvalue weighted by Gasteiger charge is -2.34. The molecule has 2 nitrogen and oxygen atoms in total. The molecule has 1 aliphatic carbocycles. The Morgan fingerprint density at radius 2 is 2.09 bits per heavy atom. The molecule has 0 aromatic carbocycles. The van der Waals surface area contributed by atoms with Crippen LogP contribution in [0.3, 0.4) is 0 Å². The summed E-state index contributed by atoms with van der Waals surface area (Å²) < 4.78 is 11.2. The molecule has 5 unspecified atom stereocenters. The number of hydrogen-bond donors (Lipinski definition) is 1. The average molecular weight is 172 g/mol. The van der Waals surface area contributed by atoms with E-state index in [4.69, 9.17) is 9.47 Å². The predicted octanol–water partition coefficient (Wildman–Crippen LogP) is 1.07. The molecule has 0 aromatic heterocycles. The molecule has 11 heavy (non-hydrogen) atoms. The molecule has 0 spiro atoms. The summed E-state index contributed by atoms with van der Waals surface area (Å²) in [7, 11) is 0. The van der Waals surface area contributed by atoms with Crippen LogP contribution in [0.25, 0.3) is 0 Å². The minimum atomic E-state index is 0.119. The van der Waals surface area contributed by atoms with Gasteiger partial charge in [-0.25, -0.2) is 0 Å². The summed E-state index contributed by atoms with van der Waals surface area (Å²) in [4.78, 5) is 0. The summed E-state index contributed by atoms with van der Waals surface area (Å²) in [6.45, 7) is 0.867. The minimum Gasteiger partial charge on any atom is -0.352 e. The van der Waals surface area contributed by atoms with Gasteiger partial charge >= 0.3 is 0 Å². The molecule has 1 saturated carbocycles. The molecule has 5 atom stereocenters. The van der Waals surface area contributed by atoms with Crippen LogP contribution in [0, 0.1) is 11.8 Å². The highest BCUT2D eigenvalue weighted by Gasteiger charge is 2.50. The molecule has 2 saturated heterocycles. The Labute approximate surface area is 71.7 Å². The van der Waals surface area contributed by atoms with Crippen molar-refractivity contribution in [2.45, 2.75) is 30.5 Å². The van der Waals surface area contributed by atoms with Crippen LogP contribution in [0.5, 0.6) is 0 Å². The molecule has 3 fully saturated rings. The van der Waals surface area contributed by atoms with E-state index in [1.54, 1.807) is 0 Å². The third-order valence-electron chi connectivity index (χ3n) is 3.17. The Morgan fingerprint density at radius 1 is 1.18 bits per heavy atom. The molecule has 0 N–H and O–H groups in total. The smallest absolute Gasteiger partial charge is 0.160 e. The van der Waals surface area contributed by atoms with Crippen LogP contribution in [0.1, 0.15) is 12.8 Å². The standard InChI is InChI=1S/C8H12O2S/c11-7-5-1-4-2-6(7)10-8(4)9-3-5/h4-8,11H,1-3H2. The van der Waals surface area contributed by atoms with Crippen molar-refractivity contribution in [1.29, 1.82) is 0 Å². The van der Waals surface area contributed by atoms with Crippen LogP contribution in [0.4, 0.5) is 0 Å². The summed E-state index contributed by atoms with van der Waals surface area (Å²) >= 11 is 4.56. The van der Waals surface area contributed by atoms with E-state index in [1.807, 2.05) is 0 Å². The van der Waals surface area contributed by atoms with Crippen LogP contribution in [-0.4, -0.2) is 24.3 Å². The minimum absolute atomic E-state index is 0.119. The number of rotatable bonds is 0. The van der Waals surface area contributed by atoms with Gasteiger partial charge in [0, 0.05) is 11.2 Å². The van der Waals surface area contributed by atoms with Crippen molar-refractivity contribution < 1.29 is 9.47 Å². The van der Waals surface area contributed by atoms with Gasteiger partial charge in [0.2, 0.25) is 0 Å². The molecular weight excluding hydrogens is 160 g/mol. The van der Waals surface area contributed by atoms with Crippen molar-refractivity contribution in [1.82, 2.24) is 0 Å². The molecule has 2 heterocycles. The Morgan fingerprint density at radius 3 is 3.00 bits per heavy atom. The summed E-state index contributed by atoms with van der Waals surface area (Å²) in [6, 6.07) is 0. The van der Waals surface area contributed by atoms with Gasteiger partial charge in [0.1, 0.15) is 0 Å². The highest BCUT2D eigenvalue weighted by atomic mass is 32.1. The van der Waals surface area contributed by atoms with Gasteiger partial charge in [-0.2, -0.15) is 12.6 Å². The maximum Gasteiger partial charge on any atom is 0.160 e. The van der Waals surface area contributed by atoms with Crippen LogP contribution in [0.15, 0.2) is 0 Å². The Hall–Kier alpha value is 0.270. The van der Waals surface area contributed by atoms with E-state index in [2.05, 4.69) is 12.6 Å². The largest absolute Gasteiger partial charge is 0.352 e. The second-order valence-electron chi connectivity index (χ2n) is 3.86. The summed E-state index contributed by atoms with van der Waals surface area (Å²) in [5.74, 6) is 1.34. The molecule has 3 aliphatic rings. The second-order valence-corrected chi connectivity index (χ2v) is 4.45. The Bertz CT molecular complexity index is 177. The van der Waals surface area contributed by atoms with Crippen molar-refractivity contribution in [2.75, 3.05) is 6.61 Å². The quantitative estimate of drug-likeness (QED) is 0.551. The zero-order valence-corrected chi connectivity index (χ0v) is 7.17. The second kappa shape index (κ2) is 2.15. The average Bonchev–Trinajstić information content (AvgIpc) is 2.33. The molecule has 3 bridgehead atoms. The maximum atomic E-state index is 5.69. The monoisotopic (exact) mass is 172 g/mol. The Balaban J connectivity index is 1.95. The SMILES string of the molecule is SC1C2COC3OC1CC3C2. The molecule has 0 amide bonds. The van der Waals surface area contributed by atoms with E-state index in [9.17, 15) is 0 Å².